The van der Waals surface area contributed by atoms with E-state index in [2.05, 4.69) is 40.8 Å². The largest absolute Gasteiger partial charge is 0.508 e. The Balaban J connectivity index is 1.65. The topological polar surface area (TPSA) is 164 Å². The Morgan fingerprint density at radius 2 is 1.81 bits per heavy atom. The number of phenolic OH excluding ortho intramolecular Hbond substituents is 1. The third kappa shape index (κ3) is 4.22. The first-order valence-electron chi connectivity index (χ1n) is 9.02. The molecule has 2 aromatic carbocycles. The Labute approximate surface area is 174 Å². The third-order valence-corrected chi connectivity index (χ3v) is 4.47. The fraction of sp³-hybridized carbons (Fsp3) is 0.105. The van der Waals surface area contributed by atoms with Gasteiger partial charge >= 0.3 is 0 Å². The third-order valence-electron chi connectivity index (χ3n) is 4.47. The minimum Gasteiger partial charge on any atom is -0.508 e. The highest BCUT2D eigenvalue weighted by Crippen LogP contribution is 2.26. The molecular weight excluding hydrogens is 404 g/mol. The molecule has 2 heterocycles. The van der Waals surface area contributed by atoms with Crippen LogP contribution < -0.4 is 10.7 Å². The molecule has 12 heteroatoms. The molecule has 0 aliphatic carbocycles. The maximum absolute atomic E-state index is 11.2. The van der Waals surface area contributed by atoms with Crippen LogP contribution in [0, 0.1) is 24.0 Å². The summed E-state index contributed by atoms with van der Waals surface area (Å²) >= 11 is 0. The number of aryl methyl sites for hydroxylation is 2. The zero-order valence-electron chi connectivity index (χ0n) is 16.4. The zero-order chi connectivity index (χ0) is 22.0. The van der Waals surface area contributed by atoms with Crippen LogP contribution in [-0.2, 0) is 0 Å². The molecule has 4 rings (SSSR count). The number of anilines is 3. The molecule has 0 atom stereocenters. The number of nitro groups is 1. The van der Waals surface area contributed by atoms with Gasteiger partial charge in [-0.15, -0.1) is 0 Å². The zero-order valence-corrected chi connectivity index (χ0v) is 16.4. The van der Waals surface area contributed by atoms with Crippen LogP contribution >= 0.6 is 0 Å². The van der Waals surface area contributed by atoms with Crippen molar-refractivity contribution in [1.29, 1.82) is 0 Å². The van der Waals surface area contributed by atoms with Gasteiger partial charge in [-0.3, -0.25) is 15.5 Å². The summed E-state index contributed by atoms with van der Waals surface area (Å²) in [5.74, 6) is 0.300. The van der Waals surface area contributed by atoms with E-state index >= 15 is 0 Å². The van der Waals surface area contributed by atoms with Crippen LogP contribution in [0.25, 0.3) is 11.3 Å². The van der Waals surface area contributed by atoms with Crippen LogP contribution in [0.3, 0.4) is 0 Å². The minimum absolute atomic E-state index is 0.166. The van der Waals surface area contributed by atoms with Crippen molar-refractivity contribution in [3.05, 3.63) is 63.2 Å². The lowest BCUT2D eigenvalue weighted by molar-refractivity contribution is -0.385. The van der Waals surface area contributed by atoms with Crippen molar-refractivity contribution in [2.75, 3.05) is 10.7 Å². The second kappa shape index (κ2) is 8.02. The van der Waals surface area contributed by atoms with Gasteiger partial charge in [0.25, 0.3) is 5.69 Å². The number of aromatic hydroxyl groups is 1. The monoisotopic (exact) mass is 420 g/mol. The van der Waals surface area contributed by atoms with Gasteiger partial charge in [0, 0.05) is 5.69 Å². The summed E-state index contributed by atoms with van der Waals surface area (Å²) in [6.07, 6.45) is 1.24. The van der Waals surface area contributed by atoms with Crippen LogP contribution in [0.2, 0.25) is 0 Å². The molecule has 0 saturated heterocycles. The lowest BCUT2D eigenvalue weighted by Gasteiger charge is -2.10. The number of hydrazone groups is 1. The number of nitro benzene ring substituents is 1. The number of fused-ring (bicyclic) bond motifs is 1. The normalized spacial score (nSPS) is 11.2. The van der Waals surface area contributed by atoms with E-state index in [1.54, 1.807) is 0 Å². The van der Waals surface area contributed by atoms with Gasteiger partial charge in [-0.05, 0) is 59.6 Å². The van der Waals surface area contributed by atoms with Crippen molar-refractivity contribution < 1.29 is 14.7 Å². The number of rotatable bonds is 6. The smallest absolute Gasteiger partial charge is 0.281 e. The second-order valence-corrected chi connectivity index (χ2v) is 6.63. The molecule has 0 amide bonds. The van der Waals surface area contributed by atoms with Gasteiger partial charge < -0.3 is 10.4 Å². The van der Waals surface area contributed by atoms with Gasteiger partial charge in [0.05, 0.1) is 22.8 Å². The molecule has 0 spiro atoms. The molecule has 0 saturated carbocycles. The molecule has 156 valence electrons. The predicted molar refractivity (Wildman–Crippen MR) is 113 cm³/mol. The molecule has 0 bridgehead atoms. The van der Waals surface area contributed by atoms with E-state index in [9.17, 15) is 15.2 Å². The van der Waals surface area contributed by atoms with E-state index in [0.717, 1.165) is 22.9 Å². The Bertz CT molecular complexity index is 1320. The van der Waals surface area contributed by atoms with Gasteiger partial charge in [0.15, 0.2) is 11.6 Å². The molecule has 0 fully saturated rings. The van der Waals surface area contributed by atoms with Gasteiger partial charge in [-0.25, -0.2) is 9.61 Å². The van der Waals surface area contributed by atoms with Gasteiger partial charge in [-0.1, -0.05) is 6.07 Å². The molecule has 31 heavy (non-hydrogen) atoms. The van der Waals surface area contributed by atoms with E-state index in [0.29, 0.717) is 5.82 Å². The van der Waals surface area contributed by atoms with E-state index in [4.69, 9.17) is 0 Å². The second-order valence-electron chi connectivity index (χ2n) is 6.63. The minimum atomic E-state index is -0.610. The molecule has 0 aliphatic heterocycles. The summed E-state index contributed by atoms with van der Waals surface area (Å²) in [6, 6.07) is 9.56. The van der Waals surface area contributed by atoms with Crippen LogP contribution in [0.1, 0.15) is 16.7 Å². The molecule has 0 unspecified atom stereocenters. The highest BCUT2D eigenvalue weighted by molar-refractivity contribution is 5.86. The highest BCUT2D eigenvalue weighted by atomic mass is 16.6. The van der Waals surface area contributed by atoms with Gasteiger partial charge in [-0.2, -0.15) is 10.1 Å². The van der Waals surface area contributed by atoms with Crippen molar-refractivity contribution in [3.8, 4) is 5.75 Å². The molecular formula is C19H16N8O4. The first kappa shape index (κ1) is 19.7. The number of hydrogen-bond acceptors (Lipinski definition) is 11. The number of benzene rings is 2. The van der Waals surface area contributed by atoms with Crippen molar-refractivity contribution in [3.63, 3.8) is 0 Å². The predicted octanol–water partition coefficient (Wildman–Crippen LogP) is 3.43. The molecule has 0 aliphatic rings. The SMILES string of the molecule is Cc1ccc(Nc2nc3nonc3nc2N/N=C/c2ccc(O)cc2[N+](=O)[O-])cc1C. The van der Waals surface area contributed by atoms with E-state index < -0.39 is 4.92 Å². The van der Waals surface area contributed by atoms with Gasteiger partial charge in [0.1, 0.15) is 5.75 Å². The summed E-state index contributed by atoms with van der Waals surface area (Å²) in [4.78, 5) is 19.2. The highest BCUT2D eigenvalue weighted by Gasteiger charge is 2.15. The van der Waals surface area contributed by atoms with Crippen LogP contribution in [0.5, 0.6) is 5.75 Å². The van der Waals surface area contributed by atoms with Crippen molar-refractivity contribution in [1.82, 2.24) is 20.3 Å². The average molecular weight is 420 g/mol. The summed E-state index contributed by atoms with van der Waals surface area (Å²) in [5, 5.41) is 35.2. The van der Waals surface area contributed by atoms with Crippen LogP contribution in [0.4, 0.5) is 23.0 Å². The van der Waals surface area contributed by atoms with Crippen LogP contribution in [0.15, 0.2) is 46.1 Å². The first-order chi connectivity index (χ1) is 14.9. The molecule has 2 aromatic heterocycles. The lowest BCUT2D eigenvalue weighted by Crippen LogP contribution is -2.04. The van der Waals surface area contributed by atoms with E-state index in [-0.39, 0.29) is 34.1 Å². The van der Waals surface area contributed by atoms with Crippen molar-refractivity contribution in [2.45, 2.75) is 13.8 Å². The molecule has 3 N–H and O–H groups in total. The number of aromatic nitrogens is 4. The molecule has 12 nitrogen and oxygen atoms in total. The Kier molecular flexibility index (Phi) is 5.10. The average Bonchev–Trinajstić information content (AvgIpc) is 3.19. The van der Waals surface area contributed by atoms with E-state index in [1.165, 1.54) is 18.3 Å². The Morgan fingerprint density at radius 3 is 2.52 bits per heavy atom. The number of nitrogens with one attached hydrogen (secondary N) is 2. The fourth-order valence-corrected chi connectivity index (χ4v) is 2.72. The van der Waals surface area contributed by atoms with Gasteiger partial charge in [0.2, 0.25) is 11.3 Å². The molecule has 0 radical (unpaired) electrons. The molecule has 4 aromatic rings. The maximum atomic E-state index is 11.2. The maximum Gasteiger partial charge on any atom is 0.281 e. The van der Waals surface area contributed by atoms with Crippen LogP contribution in [-0.4, -0.2) is 36.5 Å². The van der Waals surface area contributed by atoms with E-state index in [1.807, 2.05) is 32.0 Å². The summed E-state index contributed by atoms with van der Waals surface area (Å²) in [5.41, 5.74) is 5.99. The van der Waals surface area contributed by atoms with Crippen molar-refractivity contribution in [2.24, 2.45) is 5.10 Å². The quantitative estimate of drug-likeness (QED) is 0.239. The van der Waals surface area contributed by atoms with Crippen molar-refractivity contribution >= 4 is 40.5 Å². The summed E-state index contributed by atoms with van der Waals surface area (Å²) in [7, 11) is 0. The Morgan fingerprint density at radius 1 is 1.06 bits per heavy atom. The standard InChI is InChI=1S/C19H16N8O4/c1-10-3-5-13(7-11(10)2)21-16-17(23-19-18(22-16)25-31-26-19)24-20-9-12-4-6-14(28)8-15(12)27(29)30/h3-9,28H,1-2H3,(H,21,22,25)(H,23,24,26)/b20-9+. The number of phenols is 1. The summed E-state index contributed by atoms with van der Waals surface area (Å²) < 4.78 is 4.67. The first-order valence-corrected chi connectivity index (χ1v) is 9.02. The number of hydrogen-bond donors (Lipinski definition) is 3. The number of nitrogens with zero attached hydrogens (tertiary/aromatic N) is 6. The Hall–Kier alpha value is -4.61. The summed E-state index contributed by atoms with van der Waals surface area (Å²) in [6.45, 7) is 4.00. The fourth-order valence-electron chi connectivity index (χ4n) is 2.72. The lowest BCUT2D eigenvalue weighted by atomic mass is 10.1.